The molecule has 1 aliphatic carbocycles. The monoisotopic (exact) mass is 301 g/mol. The number of aromatic amines is 1. The molecular formula is C11H19N5O3S. The Hall–Kier alpha value is -1.61. The van der Waals surface area contributed by atoms with E-state index in [1.807, 2.05) is 0 Å². The number of sulfonamides is 1. The summed E-state index contributed by atoms with van der Waals surface area (Å²) in [6, 6.07) is -0.121. The molecule has 1 aliphatic rings. The van der Waals surface area contributed by atoms with E-state index in [-0.39, 0.29) is 23.4 Å². The Kier molecular flexibility index (Phi) is 4.29. The summed E-state index contributed by atoms with van der Waals surface area (Å²) in [4.78, 5) is 6.65. The molecule has 112 valence electrons. The summed E-state index contributed by atoms with van der Waals surface area (Å²) < 4.78 is 26.6. The van der Waals surface area contributed by atoms with Crippen LogP contribution in [-0.2, 0) is 10.0 Å². The second-order valence-electron chi connectivity index (χ2n) is 4.91. The second kappa shape index (κ2) is 5.80. The fourth-order valence-electron chi connectivity index (χ4n) is 2.45. The summed E-state index contributed by atoms with van der Waals surface area (Å²) in [6.45, 7) is 1.56. The number of hydrogen-bond donors (Lipinski definition) is 3. The summed E-state index contributed by atoms with van der Waals surface area (Å²) in [5.41, 5.74) is 5.49. The minimum atomic E-state index is -3.73. The van der Waals surface area contributed by atoms with Crippen molar-refractivity contribution in [1.29, 1.82) is 0 Å². The van der Waals surface area contributed by atoms with Crippen LogP contribution in [0.5, 0.6) is 0 Å². The van der Waals surface area contributed by atoms with Crippen LogP contribution in [0.3, 0.4) is 0 Å². The molecule has 9 heteroatoms. The van der Waals surface area contributed by atoms with Gasteiger partial charge in [0.15, 0.2) is 10.9 Å². The van der Waals surface area contributed by atoms with Gasteiger partial charge in [-0.25, -0.2) is 13.4 Å². The number of rotatable bonds is 5. The van der Waals surface area contributed by atoms with Crippen LogP contribution in [0.2, 0.25) is 0 Å². The highest BCUT2D eigenvalue weighted by Crippen LogP contribution is 2.27. The standard InChI is InChI=1S/C11H19N5O3S/c1-8-13-6-11(14-8)20(18,19)16(7-10(12)15-17)9-4-2-3-5-9/h6,9,17H,2-5,7H2,1H3,(H2,12,15)(H,13,14). The molecule has 0 aromatic carbocycles. The van der Waals surface area contributed by atoms with E-state index in [0.29, 0.717) is 5.82 Å². The third kappa shape index (κ3) is 2.93. The Morgan fingerprint density at radius 2 is 2.25 bits per heavy atom. The predicted molar refractivity (Wildman–Crippen MR) is 72.9 cm³/mol. The number of nitrogens with one attached hydrogen (secondary N) is 1. The van der Waals surface area contributed by atoms with E-state index in [1.165, 1.54) is 10.5 Å². The number of H-pyrrole nitrogens is 1. The minimum Gasteiger partial charge on any atom is -0.409 e. The van der Waals surface area contributed by atoms with Crippen molar-refractivity contribution in [2.75, 3.05) is 6.54 Å². The molecule has 1 aromatic rings. The first-order valence-corrected chi connectivity index (χ1v) is 7.89. The van der Waals surface area contributed by atoms with Gasteiger partial charge in [0.05, 0.1) is 12.7 Å². The number of amidine groups is 1. The zero-order valence-electron chi connectivity index (χ0n) is 11.3. The highest BCUT2D eigenvalue weighted by molar-refractivity contribution is 7.89. The number of nitrogens with two attached hydrogens (primary N) is 1. The van der Waals surface area contributed by atoms with Crippen molar-refractivity contribution in [1.82, 2.24) is 14.3 Å². The third-order valence-corrected chi connectivity index (χ3v) is 5.25. The lowest BCUT2D eigenvalue weighted by Crippen LogP contribution is -2.44. The normalized spacial score (nSPS) is 18.0. The summed E-state index contributed by atoms with van der Waals surface area (Å²) in [5, 5.41) is 11.6. The lowest BCUT2D eigenvalue weighted by molar-refractivity contribution is 0.308. The Labute approximate surface area is 117 Å². The van der Waals surface area contributed by atoms with Gasteiger partial charge in [-0.3, -0.25) is 0 Å². The number of aryl methyl sites for hydroxylation is 1. The van der Waals surface area contributed by atoms with Crippen molar-refractivity contribution in [3.05, 3.63) is 12.0 Å². The van der Waals surface area contributed by atoms with Crippen molar-refractivity contribution in [2.45, 2.75) is 43.7 Å². The summed E-state index contributed by atoms with van der Waals surface area (Å²) in [7, 11) is -3.73. The fraction of sp³-hybridized carbons (Fsp3) is 0.636. The fourth-order valence-corrected chi connectivity index (χ4v) is 4.07. The van der Waals surface area contributed by atoms with E-state index >= 15 is 0 Å². The maximum Gasteiger partial charge on any atom is 0.260 e. The van der Waals surface area contributed by atoms with E-state index in [2.05, 4.69) is 15.1 Å². The summed E-state index contributed by atoms with van der Waals surface area (Å²) in [6.07, 6.45) is 4.82. The first-order chi connectivity index (χ1) is 9.45. The van der Waals surface area contributed by atoms with Gasteiger partial charge in [-0.2, -0.15) is 4.31 Å². The van der Waals surface area contributed by atoms with E-state index < -0.39 is 10.0 Å². The van der Waals surface area contributed by atoms with Crippen LogP contribution in [0.4, 0.5) is 0 Å². The number of imidazole rings is 1. The van der Waals surface area contributed by atoms with Gasteiger partial charge in [0.25, 0.3) is 10.0 Å². The Morgan fingerprint density at radius 1 is 1.60 bits per heavy atom. The highest BCUT2D eigenvalue weighted by Gasteiger charge is 2.34. The largest absolute Gasteiger partial charge is 0.409 e. The van der Waals surface area contributed by atoms with Gasteiger partial charge in [-0.05, 0) is 19.8 Å². The van der Waals surface area contributed by atoms with Crippen LogP contribution in [0, 0.1) is 6.92 Å². The molecule has 0 amide bonds. The van der Waals surface area contributed by atoms with Gasteiger partial charge in [0.2, 0.25) is 0 Å². The maximum absolute atomic E-state index is 12.6. The molecule has 0 bridgehead atoms. The SMILES string of the molecule is Cc1ncc(S(=O)(=O)N(CC(N)=NO)C2CCCC2)[nH]1. The molecule has 4 N–H and O–H groups in total. The lowest BCUT2D eigenvalue weighted by atomic mass is 10.2. The number of aromatic nitrogens is 2. The molecule has 8 nitrogen and oxygen atoms in total. The first-order valence-electron chi connectivity index (χ1n) is 6.45. The van der Waals surface area contributed by atoms with Crippen LogP contribution in [0.1, 0.15) is 31.5 Å². The molecule has 0 spiro atoms. The first kappa shape index (κ1) is 14.8. The van der Waals surface area contributed by atoms with Crippen molar-refractivity contribution < 1.29 is 13.6 Å². The van der Waals surface area contributed by atoms with E-state index in [4.69, 9.17) is 10.9 Å². The number of hydrogen-bond acceptors (Lipinski definition) is 5. The van der Waals surface area contributed by atoms with Crippen LogP contribution >= 0.6 is 0 Å². The van der Waals surface area contributed by atoms with Gasteiger partial charge >= 0.3 is 0 Å². The molecular weight excluding hydrogens is 282 g/mol. The van der Waals surface area contributed by atoms with Crippen LogP contribution in [0.25, 0.3) is 0 Å². The van der Waals surface area contributed by atoms with Crippen molar-refractivity contribution in [3.8, 4) is 0 Å². The Bertz CT molecular complexity index is 589. The second-order valence-corrected chi connectivity index (χ2v) is 6.77. The van der Waals surface area contributed by atoms with Gasteiger partial charge in [0.1, 0.15) is 5.82 Å². The summed E-state index contributed by atoms with van der Waals surface area (Å²) in [5.74, 6) is 0.399. The van der Waals surface area contributed by atoms with Crippen LogP contribution < -0.4 is 5.73 Å². The third-order valence-electron chi connectivity index (χ3n) is 3.44. The predicted octanol–water partition coefficient (Wildman–Crippen LogP) is 0.398. The van der Waals surface area contributed by atoms with E-state index in [0.717, 1.165) is 25.7 Å². The zero-order valence-corrected chi connectivity index (χ0v) is 12.1. The smallest absolute Gasteiger partial charge is 0.260 e. The Balaban J connectivity index is 2.34. The van der Waals surface area contributed by atoms with Gasteiger partial charge in [-0.1, -0.05) is 18.0 Å². The lowest BCUT2D eigenvalue weighted by Gasteiger charge is -2.26. The average Bonchev–Trinajstić information content (AvgIpc) is 3.06. The summed E-state index contributed by atoms with van der Waals surface area (Å²) >= 11 is 0. The van der Waals surface area contributed by atoms with E-state index in [1.54, 1.807) is 6.92 Å². The zero-order chi connectivity index (χ0) is 14.8. The maximum atomic E-state index is 12.6. The molecule has 0 saturated heterocycles. The molecule has 1 saturated carbocycles. The van der Waals surface area contributed by atoms with Crippen molar-refractivity contribution in [2.24, 2.45) is 10.9 Å². The molecule has 0 unspecified atom stereocenters. The topological polar surface area (TPSA) is 125 Å². The Morgan fingerprint density at radius 3 is 2.75 bits per heavy atom. The van der Waals surface area contributed by atoms with Crippen molar-refractivity contribution in [3.63, 3.8) is 0 Å². The average molecular weight is 301 g/mol. The van der Waals surface area contributed by atoms with Gasteiger partial charge in [0, 0.05) is 6.04 Å². The molecule has 1 heterocycles. The highest BCUT2D eigenvalue weighted by atomic mass is 32.2. The van der Waals surface area contributed by atoms with Crippen molar-refractivity contribution >= 4 is 15.9 Å². The molecule has 1 fully saturated rings. The van der Waals surface area contributed by atoms with Gasteiger partial charge < -0.3 is 15.9 Å². The van der Waals surface area contributed by atoms with E-state index in [9.17, 15) is 8.42 Å². The molecule has 0 radical (unpaired) electrons. The number of nitrogens with zero attached hydrogens (tertiary/aromatic N) is 3. The van der Waals surface area contributed by atoms with Crippen LogP contribution in [-0.4, -0.2) is 46.3 Å². The molecule has 0 atom stereocenters. The van der Waals surface area contributed by atoms with Crippen LogP contribution in [0.15, 0.2) is 16.4 Å². The molecule has 2 rings (SSSR count). The molecule has 20 heavy (non-hydrogen) atoms. The molecule has 1 aromatic heterocycles. The molecule has 0 aliphatic heterocycles. The van der Waals surface area contributed by atoms with Gasteiger partial charge in [-0.15, -0.1) is 0 Å². The quantitative estimate of drug-likeness (QED) is 0.314. The minimum absolute atomic E-state index is 0.0349. The number of oxime groups is 1.